The van der Waals surface area contributed by atoms with E-state index in [0.717, 1.165) is 54.2 Å². The van der Waals surface area contributed by atoms with Gasteiger partial charge in [-0.25, -0.2) is 18.4 Å². The highest BCUT2D eigenvalue weighted by Crippen LogP contribution is 2.33. The van der Waals surface area contributed by atoms with E-state index < -0.39 is 10.0 Å². The van der Waals surface area contributed by atoms with Crippen molar-refractivity contribution in [3.05, 3.63) is 84.7 Å². The van der Waals surface area contributed by atoms with E-state index in [4.69, 9.17) is 19.4 Å². The largest absolute Gasteiger partial charge is 0.493 e. The van der Waals surface area contributed by atoms with Crippen molar-refractivity contribution in [3.63, 3.8) is 0 Å². The minimum absolute atomic E-state index is 0.215. The third-order valence-corrected chi connectivity index (χ3v) is 8.58. The van der Waals surface area contributed by atoms with Crippen LogP contribution in [-0.4, -0.2) is 68.7 Å². The number of aryl methyl sites for hydroxylation is 1. The Morgan fingerprint density at radius 3 is 2.27 bits per heavy atom. The van der Waals surface area contributed by atoms with Crippen LogP contribution in [0.1, 0.15) is 18.4 Å². The van der Waals surface area contributed by atoms with E-state index >= 15 is 0 Å². The van der Waals surface area contributed by atoms with Gasteiger partial charge in [0.05, 0.1) is 24.3 Å². The van der Waals surface area contributed by atoms with E-state index in [2.05, 4.69) is 32.0 Å². The molecule has 1 aliphatic heterocycles. The molecule has 3 N–H and O–H groups in total. The summed E-state index contributed by atoms with van der Waals surface area (Å²) < 4.78 is 39.7. The number of anilines is 3. The summed E-state index contributed by atoms with van der Waals surface area (Å²) in [6, 6.07) is 21.4. The fraction of sp³-hybridized carbons (Fsp3) is 0.281. The zero-order valence-corrected chi connectivity index (χ0v) is 25.8. The molecule has 0 amide bonds. The number of benzene rings is 3. The third-order valence-electron chi connectivity index (χ3n) is 7.18. The lowest BCUT2D eigenvalue weighted by Crippen LogP contribution is -2.32. The number of carbonyl (C=O) groups is 1. The number of hydrogen-bond donors (Lipinski definition) is 3. The topological polar surface area (TPSA) is 143 Å². The summed E-state index contributed by atoms with van der Waals surface area (Å²) in [5.41, 5.74) is 3.81. The van der Waals surface area contributed by atoms with Crippen LogP contribution < -0.4 is 19.5 Å². The Labute approximate surface area is 257 Å². The van der Waals surface area contributed by atoms with Crippen LogP contribution >= 0.6 is 0 Å². The monoisotopic (exact) mass is 619 g/mol. The Kier molecular flexibility index (Phi) is 11.1. The molecule has 232 valence electrons. The molecule has 12 heteroatoms. The van der Waals surface area contributed by atoms with Gasteiger partial charge in [-0.15, -0.1) is 0 Å². The van der Waals surface area contributed by atoms with Crippen LogP contribution in [0.4, 0.5) is 17.2 Å². The van der Waals surface area contributed by atoms with Crippen LogP contribution in [0.2, 0.25) is 0 Å². The predicted octanol–water partition coefficient (Wildman–Crippen LogP) is 5.43. The number of ether oxygens (including phenoxy) is 2. The maximum atomic E-state index is 12.7. The summed E-state index contributed by atoms with van der Waals surface area (Å²) in [5.74, 6) is 2.53. The first kappa shape index (κ1) is 32.2. The van der Waals surface area contributed by atoms with Gasteiger partial charge in [-0.2, -0.15) is 0 Å². The second-order valence-corrected chi connectivity index (χ2v) is 12.1. The first-order valence-corrected chi connectivity index (χ1v) is 15.5. The molecule has 3 aromatic carbocycles. The summed E-state index contributed by atoms with van der Waals surface area (Å²) in [6.45, 7) is 4.55. The number of nitrogens with one attached hydrogen (secondary N) is 2. The number of nitrogens with zero attached hydrogens (tertiary/aromatic N) is 3. The van der Waals surface area contributed by atoms with E-state index in [0.29, 0.717) is 29.8 Å². The molecule has 11 nitrogen and oxygen atoms in total. The van der Waals surface area contributed by atoms with Crippen molar-refractivity contribution in [1.82, 2.24) is 14.9 Å². The summed E-state index contributed by atoms with van der Waals surface area (Å²) >= 11 is 0. The lowest BCUT2D eigenvalue weighted by atomic mass is 9.98. The maximum Gasteiger partial charge on any atom is 0.290 e. The number of aromatic nitrogens is 2. The minimum atomic E-state index is -3.67. The molecule has 0 spiro atoms. The Morgan fingerprint density at radius 1 is 0.955 bits per heavy atom. The number of methoxy groups -OCH3 is 1. The highest BCUT2D eigenvalue weighted by Gasteiger charge is 2.18. The van der Waals surface area contributed by atoms with Crippen molar-refractivity contribution in [2.75, 3.05) is 43.9 Å². The van der Waals surface area contributed by atoms with Crippen molar-refractivity contribution >= 4 is 33.7 Å². The second-order valence-electron chi connectivity index (χ2n) is 10.4. The number of piperidine rings is 1. The van der Waals surface area contributed by atoms with Crippen molar-refractivity contribution in [3.8, 4) is 22.8 Å². The highest BCUT2D eigenvalue weighted by atomic mass is 32.2. The Bertz CT molecular complexity index is 1620. The molecule has 0 atom stereocenters. The smallest absolute Gasteiger partial charge is 0.290 e. The van der Waals surface area contributed by atoms with Gasteiger partial charge in [-0.05, 0) is 100 Å². The number of rotatable bonds is 10. The number of likely N-dealkylation sites (tertiary alicyclic amines) is 1. The van der Waals surface area contributed by atoms with Crippen LogP contribution in [0.25, 0.3) is 11.3 Å². The van der Waals surface area contributed by atoms with Crippen molar-refractivity contribution in [2.45, 2.75) is 24.7 Å². The Balaban J connectivity index is 0.00000141. The van der Waals surface area contributed by atoms with Crippen molar-refractivity contribution in [1.29, 1.82) is 0 Å². The first-order valence-electron chi connectivity index (χ1n) is 14.1. The molecule has 1 fully saturated rings. The van der Waals surface area contributed by atoms with E-state index in [1.54, 1.807) is 55.6 Å². The molecule has 2 heterocycles. The lowest BCUT2D eigenvalue weighted by molar-refractivity contribution is -0.122. The van der Waals surface area contributed by atoms with Gasteiger partial charge in [0.15, 0.2) is 11.5 Å². The zero-order valence-electron chi connectivity index (χ0n) is 24.9. The summed E-state index contributed by atoms with van der Waals surface area (Å²) in [7, 11) is 0.123. The van der Waals surface area contributed by atoms with Crippen LogP contribution in [0.5, 0.6) is 11.5 Å². The van der Waals surface area contributed by atoms with E-state index in [1.807, 2.05) is 31.2 Å². The van der Waals surface area contributed by atoms with Gasteiger partial charge >= 0.3 is 0 Å². The van der Waals surface area contributed by atoms with Gasteiger partial charge in [-0.1, -0.05) is 17.7 Å². The third kappa shape index (κ3) is 8.91. The summed E-state index contributed by atoms with van der Waals surface area (Å²) in [5, 5.41) is 10.1. The Hall–Kier alpha value is -4.68. The minimum Gasteiger partial charge on any atom is -0.493 e. The van der Waals surface area contributed by atoms with Gasteiger partial charge in [0.25, 0.3) is 16.5 Å². The van der Waals surface area contributed by atoms with Crippen molar-refractivity contribution < 1.29 is 27.8 Å². The first-order chi connectivity index (χ1) is 21.2. The molecule has 5 rings (SSSR count). The van der Waals surface area contributed by atoms with E-state index in [-0.39, 0.29) is 11.4 Å². The maximum absolute atomic E-state index is 12.7. The number of hydrogen-bond acceptors (Lipinski definition) is 9. The SMILES string of the molecule is COc1cc(-c2cc(Nc3ccc(NS(=O)(=O)c4ccc(C)cc4)cc3)ncn2)ccc1OCC1CCN(C)CC1.O=CO. The second kappa shape index (κ2) is 15.2. The highest BCUT2D eigenvalue weighted by molar-refractivity contribution is 7.92. The van der Waals surface area contributed by atoms with Crippen LogP contribution in [0.15, 0.2) is 84.0 Å². The molecular formula is C32H37N5O6S. The quantitative estimate of drug-likeness (QED) is 0.197. The van der Waals surface area contributed by atoms with Gasteiger partial charge < -0.3 is 24.8 Å². The van der Waals surface area contributed by atoms with Gasteiger partial charge in [0, 0.05) is 23.0 Å². The average Bonchev–Trinajstić information content (AvgIpc) is 3.02. The molecule has 0 radical (unpaired) electrons. The number of carboxylic acid groups (broad SMARTS) is 1. The van der Waals surface area contributed by atoms with Gasteiger partial charge in [0.2, 0.25) is 0 Å². The van der Waals surface area contributed by atoms with E-state index in [9.17, 15) is 8.42 Å². The zero-order chi connectivity index (χ0) is 31.5. The molecule has 0 saturated carbocycles. The van der Waals surface area contributed by atoms with Gasteiger partial charge in [0.1, 0.15) is 12.1 Å². The van der Waals surface area contributed by atoms with E-state index in [1.165, 1.54) is 6.33 Å². The molecule has 4 aromatic rings. The molecule has 1 saturated heterocycles. The summed E-state index contributed by atoms with van der Waals surface area (Å²) in [4.78, 5) is 19.7. The summed E-state index contributed by atoms with van der Waals surface area (Å²) in [6.07, 6.45) is 3.78. The molecule has 0 unspecified atom stereocenters. The fourth-order valence-corrected chi connectivity index (χ4v) is 5.73. The fourth-order valence-electron chi connectivity index (χ4n) is 4.67. The van der Waals surface area contributed by atoms with Crippen LogP contribution in [0, 0.1) is 12.8 Å². The molecule has 0 bridgehead atoms. The predicted molar refractivity (Wildman–Crippen MR) is 170 cm³/mol. The molecule has 44 heavy (non-hydrogen) atoms. The molecule has 0 aliphatic carbocycles. The van der Waals surface area contributed by atoms with Crippen LogP contribution in [0.3, 0.4) is 0 Å². The standard InChI is InChI=1S/C31H35N5O4S.CH2O2/c1-22-4-11-27(12-5-22)41(37,38)35-26-9-7-25(8-10-26)34-31-19-28(32-21-33-31)24-6-13-29(30(18-24)39-3)40-20-23-14-16-36(2)17-15-23;2-1-3/h4-13,18-19,21,23,35H,14-17,20H2,1-3H3,(H,32,33,34);1H,(H,2,3). The normalized spacial score (nSPS) is 13.7. The Morgan fingerprint density at radius 2 is 1.61 bits per heavy atom. The molecule has 1 aromatic heterocycles. The molecular weight excluding hydrogens is 582 g/mol. The average molecular weight is 620 g/mol. The molecule has 1 aliphatic rings. The lowest BCUT2D eigenvalue weighted by Gasteiger charge is -2.28. The van der Waals surface area contributed by atoms with Crippen molar-refractivity contribution in [2.24, 2.45) is 5.92 Å². The van der Waals surface area contributed by atoms with Crippen LogP contribution in [-0.2, 0) is 14.8 Å². The number of sulfonamides is 1. The van der Waals surface area contributed by atoms with Gasteiger partial charge in [-0.3, -0.25) is 9.52 Å².